The molecular weight excluding hydrogens is 526 g/mol. The van der Waals surface area contributed by atoms with Crippen LogP contribution in [-0.4, -0.2) is 23.6 Å². The monoisotopic (exact) mass is 548 g/mol. The molecule has 0 atom stereocenters. The van der Waals surface area contributed by atoms with E-state index in [0.717, 1.165) is 36.3 Å². The summed E-state index contributed by atoms with van der Waals surface area (Å²) in [6.45, 7) is 4.55. The highest BCUT2D eigenvalue weighted by Gasteiger charge is 2.40. The number of esters is 1. The SMILES string of the molecule is COC(=O)C1=C(C)N(c2cccc(C(F)(F)F)c2)C(=O)/C1=C\c1cc(C)n(-c2ccccc2C(F)(F)F)c1C. The molecule has 2 aromatic carbocycles. The zero-order valence-corrected chi connectivity index (χ0v) is 21.2. The van der Waals surface area contributed by atoms with Crippen molar-refractivity contribution < 1.29 is 40.7 Å². The Balaban J connectivity index is 1.87. The minimum absolute atomic E-state index is 0.0497. The largest absolute Gasteiger partial charge is 0.465 e. The normalized spacial score (nSPS) is 15.5. The van der Waals surface area contributed by atoms with Gasteiger partial charge in [0.15, 0.2) is 0 Å². The fourth-order valence-electron chi connectivity index (χ4n) is 4.68. The van der Waals surface area contributed by atoms with Crippen LogP contribution in [0.2, 0.25) is 0 Å². The zero-order valence-electron chi connectivity index (χ0n) is 21.2. The van der Waals surface area contributed by atoms with Crippen LogP contribution in [0.4, 0.5) is 32.0 Å². The standard InChI is InChI=1S/C28H22F6N2O3/c1-15-12-18(16(2)35(15)23-11-6-5-10-22(23)28(32,33)34)13-21-24(26(38)39-4)17(3)36(25(21)37)20-9-7-8-19(14-20)27(29,30)31/h5-14H,1-4H3/b21-13-. The number of para-hydroxylation sites is 1. The van der Waals surface area contributed by atoms with E-state index < -0.39 is 35.4 Å². The number of methoxy groups -OCH3 is 1. The predicted molar refractivity (Wildman–Crippen MR) is 132 cm³/mol. The molecule has 0 radical (unpaired) electrons. The van der Waals surface area contributed by atoms with Gasteiger partial charge in [0, 0.05) is 22.8 Å². The molecule has 0 spiro atoms. The average molecular weight is 548 g/mol. The van der Waals surface area contributed by atoms with Crippen LogP contribution in [0, 0.1) is 13.8 Å². The maximum atomic E-state index is 13.7. The minimum Gasteiger partial charge on any atom is -0.465 e. The fourth-order valence-corrected chi connectivity index (χ4v) is 4.68. The van der Waals surface area contributed by atoms with Crippen LogP contribution in [0.3, 0.4) is 0 Å². The van der Waals surface area contributed by atoms with Crippen LogP contribution >= 0.6 is 0 Å². The van der Waals surface area contributed by atoms with Crippen LogP contribution in [0.15, 0.2) is 71.4 Å². The van der Waals surface area contributed by atoms with Crippen molar-refractivity contribution in [3.8, 4) is 5.69 Å². The molecule has 1 amide bonds. The quantitative estimate of drug-likeness (QED) is 0.200. The second-order valence-electron chi connectivity index (χ2n) is 8.88. The number of rotatable bonds is 4. The first-order valence-corrected chi connectivity index (χ1v) is 11.5. The number of alkyl halides is 6. The molecule has 0 unspecified atom stereocenters. The first kappa shape index (κ1) is 27.7. The Morgan fingerprint density at radius 1 is 0.897 bits per heavy atom. The smallest absolute Gasteiger partial charge is 0.418 e. The predicted octanol–water partition coefficient (Wildman–Crippen LogP) is 7.01. The van der Waals surface area contributed by atoms with E-state index in [2.05, 4.69) is 0 Å². The Morgan fingerprint density at radius 2 is 1.56 bits per heavy atom. The molecule has 0 saturated carbocycles. The summed E-state index contributed by atoms with van der Waals surface area (Å²) in [6.07, 6.45) is -7.95. The Kier molecular flexibility index (Phi) is 6.97. The van der Waals surface area contributed by atoms with Gasteiger partial charge in [0.2, 0.25) is 0 Å². The molecule has 1 aromatic heterocycles. The second kappa shape index (κ2) is 9.79. The summed E-state index contributed by atoms with van der Waals surface area (Å²) in [5.41, 5.74) is -1.23. The van der Waals surface area contributed by atoms with E-state index in [9.17, 15) is 35.9 Å². The number of amides is 1. The highest BCUT2D eigenvalue weighted by atomic mass is 19.4. The number of aryl methyl sites for hydroxylation is 1. The van der Waals surface area contributed by atoms with Gasteiger partial charge in [0.05, 0.1) is 35.1 Å². The molecule has 5 nitrogen and oxygen atoms in total. The second-order valence-corrected chi connectivity index (χ2v) is 8.88. The summed E-state index contributed by atoms with van der Waals surface area (Å²) in [4.78, 5) is 27.2. The van der Waals surface area contributed by atoms with Crippen molar-refractivity contribution in [2.75, 3.05) is 12.0 Å². The molecule has 0 saturated heterocycles. The first-order chi connectivity index (χ1) is 18.2. The van der Waals surface area contributed by atoms with Gasteiger partial charge in [0.25, 0.3) is 5.91 Å². The van der Waals surface area contributed by atoms with Crippen LogP contribution in [-0.2, 0) is 26.7 Å². The van der Waals surface area contributed by atoms with Gasteiger partial charge in [-0.3, -0.25) is 9.69 Å². The summed E-state index contributed by atoms with van der Waals surface area (Å²) in [5, 5.41) is 0. The molecule has 0 fully saturated rings. The average Bonchev–Trinajstić information content (AvgIpc) is 3.28. The minimum atomic E-state index is -4.66. The van der Waals surface area contributed by atoms with E-state index in [1.54, 1.807) is 19.9 Å². The van der Waals surface area contributed by atoms with Crippen molar-refractivity contribution in [2.24, 2.45) is 0 Å². The summed E-state index contributed by atoms with van der Waals surface area (Å²) in [7, 11) is 1.09. The van der Waals surface area contributed by atoms with Gasteiger partial charge in [-0.1, -0.05) is 18.2 Å². The number of carbonyl (C=O) groups excluding carboxylic acids is 2. The lowest BCUT2D eigenvalue weighted by molar-refractivity contribution is -0.138. The van der Waals surface area contributed by atoms with Gasteiger partial charge in [-0.15, -0.1) is 0 Å². The van der Waals surface area contributed by atoms with Crippen LogP contribution in [0.5, 0.6) is 0 Å². The number of anilines is 1. The summed E-state index contributed by atoms with van der Waals surface area (Å²) < 4.78 is 87.3. The number of aromatic nitrogens is 1. The Hall–Kier alpha value is -4.28. The van der Waals surface area contributed by atoms with Crippen molar-refractivity contribution in [1.82, 2.24) is 4.57 Å². The maximum Gasteiger partial charge on any atom is 0.418 e. The third kappa shape index (κ3) is 4.96. The van der Waals surface area contributed by atoms with Gasteiger partial charge in [-0.2, -0.15) is 26.3 Å². The highest BCUT2D eigenvalue weighted by Crippen LogP contribution is 2.40. The van der Waals surface area contributed by atoms with Crippen LogP contribution in [0.25, 0.3) is 11.8 Å². The van der Waals surface area contributed by atoms with Gasteiger partial charge < -0.3 is 9.30 Å². The maximum absolute atomic E-state index is 13.7. The van der Waals surface area contributed by atoms with Crippen LogP contribution < -0.4 is 4.90 Å². The van der Waals surface area contributed by atoms with Gasteiger partial charge in [-0.25, -0.2) is 4.79 Å². The molecule has 1 aliphatic rings. The number of benzene rings is 2. The van der Waals surface area contributed by atoms with Crippen molar-refractivity contribution >= 4 is 23.6 Å². The molecule has 204 valence electrons. The van der Waals surface area contributed by atoms with E-state index in [1.807, 2.05) is 0 Å². The molecule has 0 aliphatic carbocycles. The van der Waals surface area contributed by atoms with Gasteiger partial charge in [-0.05, 0) is 68.8 Å². The van der Waals surface area contributed by atoms with Crippen molar-refractivity contribution in [1.29, 1.82) is 0 Å². The number of hydrogen-bond acceptors (Lipinski definition) is 3. The fraction of sp³-hybridized carbons (Fsp3) is 0.214. The molecule has 39 heavy (non-hydrogen) atoms. The molecule has 0 bridgehead atoms. The molecule has 2 heterocycles. The van der Waals surface area contributed by atoms with Crippen LogP contribution in [0.1, 0.15) is 35.0 Å². The number of hydrogen-bond donors (Lipinski definition) is 0. The number of ether oxygens (including phenoxy) is 1. The summed E-state index contributed by atoms with van der Waals surface area (Å²) in [5.74, 6) is -1.68. The number of carbonyl (C=O) groups is 2. The van der Waals surface area contributed by atoms with E-state index in [0.29, 0.717) is 17.0 Å². The Morgan fingerprint density at radius 3 is 2.18 bits per heavy atom. The third-order valence-electron chi connectivity index (χ3n) is 6.44. The van der Waals surface area contributed by atoms with Gasteiger partial charge >= 0.3 is 18.3 Å². The molecule has 1 aliphatic heterocycles. The molecular formula is C28H22F6N2O3. The third-order valence-corrected chi connectivity index (χ3v) is 6.44. The van der Waals surface area contributed by atoms with Gasteiger partial charge in [0.1, 0.15) is 0 Å². The number of allylic oxidation sites excluding steroid dienone is 1. The lowest BCUT2D eigenvalue weighted by atomic mass is 10.0. The first-order valence-electron chi connectivity index (χ1n) is 11.5. The van der Waals surface area contributed by atoms with E-state index in [4.69, 9.17) is 4.74 Å². The summed E-state index contributed by atoms with van der Waals surface area (Å²) in [6, 6.07) is 10.7. The molecule has 11 heteroatoms. The molecule has 4 rings (SSSR count). The van der Waals surface area contributed by atoms with E-state index in [-0.39, 0.29) is 28.2 Å². The topological polar surface area (TPSA) is 51.5 Å². The zero-order chi connectivity index (χ0) is 28.9. The van der Waals surface area contributed by atoms with Crippen molar-refractivity contribution in [3.63, 3.8) is 0 Å². The lowest BCUT2D eigenvalue weighted by Gasteiger charge is -2.19. The Bertz CT molecular complexity index is 1540. The van der Waals surface area contributed by atoms with E-state index in [1.165, 1.54) is 41.8 Å². The van der Waals surface area contributed by atoms with Crippen molar-refractivity contribution in [2.45, 2.75) is 33.1 Å². The molecule has 0 N–H and O–H groups in total. The Labute approximate surface area is 219 Å². The molecule has 3 aromatic rings. The highest BCUT2D eigenvalue weighted by molar-refractivity contribution is 6.23. The number of halogens is 6. The number of nitrogens with zero attached hydrogens (tertiary/aromatic N) is 2. The van der Waals surface area contributed by atoms with Crippen molar-refractivity contribution in [3.05, 3.63) is 99.5 Å². The lowest BCUT2D eigenvalue weighted by Crippen LogP contribution is -2.25. The van der Waals surface area contributed by atoms with E-state index >= 15 is 0 Å². The summed E-state index contributed by atoms with van der Waals surface area (Å²) >= 11 is 0.